The lowest BCUT2D eigenvalue weighted by atomic mass is 9.88. The summed E-state index contributed by atoms with van der Waals surface area (Å²) in [5.74, 6) is -0.198. The largest absolute Gasteiger partial charge is 0.446 e. The number of carbonyl (C=O) groups is 2. The quantitative estimate of drug-likeness (QED) is 0.688. The molecule has 0 radical (unpaired) electrons. The lowest BCUT2D eigenvalue weighted by Crippen LogP contribution is -2.57. The van der Waals surface area contributed by atoms with Crippen molar-refractivity contribution in [2.24, 2.45) is 5.92 Å². The van der Waals surface area contributed by atoms with E-state index < -0.39 is 23.7 Å². The number of piperidine rings is 1. The number of ether oxygens (including phenoxy) is 1. The number of nitrogens with zero attached hydrogens (tertiary/aromatic N) is 4. The maximum atomic E-state index is 13.8. The second kappa shape index (κ2) is 9.29. The van der Waals surface area contributed by atoms with Gasteiger partial charge in [0.15, 0.2) is 0 Å². The number of halogens is 3. The fraction of sp³-hybridized carbons (Fsp3) is 0.545. The maximum Gasteiger partial charge on any atom is 0.417 e. The molecule has 4 heterocycles. The van der Waals surface area contributed by atoms with Crippen LogP contribution in [0.3, 0.4) is 0 Å². The molecule has 12 heteroatoms. The van der Waals surface area contributed by atoms with Crippen LogP contribution in [-0.4, -0.2) is 60.7 Å². The fourth-order valence-electron chi connectivity index (χ4n) is 4.36. The first-order chi connectivity index (χ1) is 16.1. The molecule has 0 bridgehead atoms. The van der Waals surface area contributed by atoms with E-state index in [9.17, 15) is 22.8 Å². The first-order valence-corrected chi connectivity index (χ1v) is 11.8. The molecule has 2 fully saturated rings. The molecule has 2 aliphatic heterocycles. The zero-order chi connectivity index (χ0) is 24.6. The fourth-order valence-corrected chi connectivity index (χ4v) is 5.38. The van der Waals surface area contributed by atoms with Crippen LogP contribution in [0.4, 0.5) is 23.8 Å². The van der Waals surface area contributed by atoms with Crippen molar-refractivity contribution in [2.45, 2.75) is 44.5 Å². The molecule has 2 saturated heterocycles. The monoisotopic (exact) mass is 495 g/mol. The predicted molar refractivity (Wildman–Crippen MR) is 120 cm³/mol. The Balaban J connectivity index is 1.46. The summed E-state index contributed by atoms with van der Waals surface area (Å²) in [5.41, 5.74) is -0.682. The number of thiophene rings is 1. The smallest absolute Gasteiger partial charge is 0.417 e. The number of carbonyl (C=O) groups excluding carboxylic acids is 2. The average Bonchev–Trinajstić information content (AvgIpc) is 3.23. The second-order valence-electron chi connectivity index (χ2n) is 8.52. The van der Waals surface area contributed by atoms with E-state index in [-0.39, 0.29) is 39.7 Å². The van der Waals surface area contributed by atoms with Crippen LogP contribution < -0.4 is 10.2 Å². The number of hydrogen-bond donors (Lipinski definition) is 1. The van der Waals surface area contributed by atoms with E-state index in [2.05, 4.69) is 16.4 Å². The third-order valence-corrected chi connectivity index (χ3v) is 7.52. The van der Waals surface area contributed by atoms with Gasteiger partial charge in [-0.3, -0.25) is 4.79 Å². The predicted octanol–water partition coefficient (Wildman–Crippen LogP) is 4.01. The molecule has 0 aromatic carbocycles. The Bertz CT molecular complexity index is 1140. The third kappa shape index (κ3) is 4.49. The van der Waals surface area contributed by atoms with Crippen molar-refractivity contribution < 1.29 is 27.5 Å². The third-order valence-electron chi connectivity index (χ3n) is 6.51. The highest BCUT2D eigenvalue weighted by Gasteiger charge is 2.40. The molecule has 4 rings (SSSR count). The highest BCUT2D eigenvalue weighted by atomic mass is 32.1. The topological polar surface area (TPSA) is 98.6 Å². The van der Waals surface area contributed by atoms with Gasteiger partial charge >= 0.3 is 12.3 Å². The van der Waals surface area contributed by atoms with Gasteiger partial charge in [0.2, 0.25) is 0 Å². The van der Waals surface area contributed by atoms with Crippen LogP contribution in [0.5, 0.6) is 0 Å². The molecular weight excluding hydrogens is 471 g/mol. The van der Waals surface area contributed by atoms with E-state index in [1.54, 1.807) is 9.80 Å². The molecule has 2 amide bonds. The number of fused-ring (bicyclic) bond motifs is 1. The second-order valence-corrected chi connectivity index (χ2v) is 9.40. The molecule has 0 saturated carbocycles. The summed E-state index contributed by atoms with van der Waals surface area (Å²) in [6.07, 6.45) is -4.07. The van der Waals surface area contributed by atoms with Crippen molar-refractivity contribution in [3.8, 4) is 6.07 Å². The molecule has 2 aromatic heterocycles. The highest BCUT2D eigenvalue weighted by molar-refractivity contribution is 7.17. The minimum atomic E-state index is -4.59. The van der Waals surface area contributed by atoms with Crippen molar-refractivity contribution in [1.82, 2.24) is 15.2 Å². The standard InChI is InChI=1S/C22H24F3N5O3S/c1-12-13(3-6-26)10-30(12)21(32)33-14-4-7-29(8-5-14)17-9-16(22(23,24)25)19-18(28-17)15(11-34-19)20(31)27-2/h9,11-14H,3-5,7-8,10H2,1-2H3,(H,27,31)/t12-,13+/m0/s1. The van der Waals surface area contributed by atoms with E-state index in [1.807, 2.05) is 6.92 Å². The van der Waals surface area contributed by atoms with Gasteiger partial charge in [0.1, 0.15) is 11.9 Å². The maximum absolute atomic E-state index is 13.8. The minimum absolute atomic E-state index is 0.0291. The van der Waals surface area contributed by atoms with E-state index in [4.69, 9.17) is 10.00 Å². The average molecular weight is 496 g/mol. The number of alkyl halides is 3. The van der Waals surface area contributed by atoms with E-state index in [0.29, 0.717) is 38.9 Å². The van der Waals surface area contributed by atoms with Crippen LogP contribution in [0.1, 0.15) is 42.1 Å². The number of anilines is 1. The number of hydrogen-bond acceptors (Lipinski definition) is 7. The van der Waals surface area contributed by atoms with Crippen molar-refractivity contribution in [3.63, 3.8) is 0 Å². The van der Waals surface area contributed by atoms with Gasteiger partial charge < -0.3 is 19.9 Å². The number of amides is 2. The Labute approximate surface area is 198 Å². The molecule has 1 N–H and O–H groups in total. The van der Waals surface area contributed by atoms with E-state index >= 15 is 0 Å². The molecule has 8 nitrogen and oxygen atoms in total. The van der Waals surface area contributed by atoms with Gasteiger partial charge in [-0.05, 0) is 13.0 Å². The van der Waals surface area contributed by atoms with Gasteiger partial charge in [-0.15, -0.1) is 11.3 Å². The summed E-state index contributed by atoms with van der Waals surface area (Å²) in [5, 5.41) is 12.6. The van der Waals surface area contributed by atoms with Gasteiger partial charge in [-0.1, -0.05) is 0 Å². The van der Waals surface area contributed by atoms with Crippen LogP contribution in [0.25, 0.3) is 10.2 Å². The van der Waals surface area contributed by atoms with Gasteiger partial charge in [-0.25, -0.2) is 9.78 Å². The minimum Gasteiger partial charge on any atom is -0.446 e. The summed E-state index contributed by atoms with van der Waals surface area (Å²) in [6, 6.07) is 3.09. The van der Waals surface area contributed by atoms with Gasteiger partial charge in [0.05, 0.1) is 27.4 Å². The Morgan fingerprint density at radius 3 is 2.65 bits per heavy atom. The zero-order valence-electron chi connectivity index (χ0n) is 18.7. The van der Waals surface area contributed by atoms with Crippen LogP contribution in [0.2, 0.25) is 0 Å². The normalized spacial score (nSPS) is 21.2. The summed E-state index contributed by atoms with van der Waals surface area (Å²) in [7, 11) is 1.41. The van der Waals surface area contributed by atoms with Gasteiger partial charge in [-0.2, -0.15) is 18.4 Å². The summed E-state index contributed by atoms with van der Waals surface area (Å²) < 4.78 is 46.8. The molecule has 0 unspecified atom stereocenters. The van der Waals surface area contributed by atoms with E-state index in [1.165, 1.54) is 12.4 Å². The van der Waals surface area contributed by atoms with Crippen molar-refractivity contribution in [1.29, 1.82) is 5.26 Å². The Hall–Kier alpha value is -3.07. The summed E-state index contributed by atoms with van der Waals surface area (Å²) in [4.78, 5) is 32.3. The van der Waals surface area contributed by atoms with E-state index in [0.717, 1.165) is 17.4 Å². The van der Waals surface area contributed by atoms with Crippen molar-refractivity contribution in [3.05, 3.63) is 22.6 Å². The lowest BCUT2D eigenvalue weighted by molar-refractivity contribution is -0.136. The molecule has 2 aliphatic rings. The number of nitriles is 1. The number of likely N-dealkylation sites (tertiary alicyclic amines) is 1. The molecule has 0 aliphatic carbocycles. The number of pyridine rings is 1. The van der Waals surface area contributed by atoms with Gasteiger partial charge in [0.25, 0.3) is 5.91 Å². The van der Waals surface area contributed by atoms with Crippen LogP contribution in [0, 0.1) is 17.2 Å². The molecule has 34 heavy (non-hydrogen) atoms. The molecule has 2 atom stereocenters. The number of nitrogens with one attached hydrogen (secondary N) is 1. The number of aromatic nitrogens is 1. The lowest BCUT2D eigenvalue weighted by Gasteiger charge is -2.45. The molecule has 0 spiro atoms. The van der Waals surface area contributed by atoms with Gasteiger partial charge in [0, 0.05) is 63.3 Å². The summed E-state index contributed by atoms with van der Waals surface area (Å²) >= 11 is 0.845. The Kier molecular flexibility index (Phi) is 6.58. The SMILES string of the molecule is CNC(=O)c1csc2c(C(F)(F)F)cc(N3CCC(OC(=O)N4C[C@@H](CC#N)[C@@H]4C)CC3)nc12. The van der Waals surface area contributed by atoms with Crippen molar-refractivity contribution in [2.75, 3.05) is 31.6 Å². The Morgan fingerprint density at radius 1 is 1.35 bits per heavy atom. The Morgan fingerprint density at radius 2 is 2.06 bits per heavy atom. The molecular formula is C22H24F3N5O3S. The highest BCUT2D eigenvalue weighted by Crippen LogP contribution is 2.40. The van der Waals surface area contributed by atoms with Crippen molar-refractivity contribution >= 4 is 39.4 Å². The summed E-state index contributed by atoms with van der Waals surface area (Å²) in [6.45, 7) is 3.09. The first-order valence-electron chi connectivity index (χ1n) is 10.9. The zero-order valence-corrected chi connectivity index (χ0v) is 19.5. The first kappa shape index (κ1) is 24.1. The molecule has 182 valence electrons. The van der Waals surface area contributed by atoms with Crippen LogP contribution in [-0.2, 0) is 10.9 Å². The van der Waals surface area contributed by atoms with Crippen LogP contribution in [0.15, 0.2) is 11.4 Å². The molecule has 2 aromatic rings. The van der Waals surface area contributed by atoms with Crippen LogP contribution >= 0.6 is 11.3 Å². The number of rotatable bonds is 4.